The Bertz CT molecular complexity index is 939. The highest BCUT2D eigenvalue weighted by molar-refractivity contribution is 7.99. The highest BCUT2D eigenvalue weighted by Gasteiger charge is 2.07. The first kappa shape index (κ1) is 16.7. The number of hydrogen-bond acceptors (Lipinski definition) is 6. The number of aromatic nitrogens is 2. The van der Waals surface area contributed by atoms with Crippen molar-refractivity contribution in [1.82, 2.24) is 9.97 Å². The molecule has 0 fully saturated rings. The van der Waals surface area contributed by atoms with Gasteiger partial charge in [-0.1, -0.05) is 18.2 Å². The molecule has 3 aromatic rings. The summed E-state index contributed by atoms with van der Waals surface area (Å²) in [7, 11) is -3.68. The smallest absolute Gasteiger partial charge is 0.238 e. The molecule has 8 heteroatoms. The number of rotatable bonds is 6. The molecule has 3 rings (SSSR count). The second-order valence-corrected chi connectivity index (χ2v) is 7.55. The van der Waals surface area contributed by atoms with E-state index >= 15 is 0 Å². The van der Waals surface area contributed by atoms with E-state index < -0.39 is 10.0 Å². The van der Waals surface area contributed by atoms with Crippen LogP contribution in [0.1, 0.15) is 0 Å². The van der Waals surface area contributed by atoms with E-state index in [0.29, 0.717) is 18.1 Å². The van der Waals surface area contributed by atoms with E-state index in [4.69, 9.17) is 9.88 Å². The normalized spacial score (nSPS) is 11.5. The fraction of sp³-hybridized carbons (Fsp3) is 0.125. The molecule has 0 bridgehead atoms. The van der Waals surface area contributed by atoms with Gasteiger partial charge in [0.15, 0.2) is 0 Å². The van der Waals surface area contributed by atoms with E-state index in [1.807, 2.05) is 24.3 Å². The zero-order valence-electron chi connectivity index (χ0n) is 12.6. The van der Waals surface area contributed by atoms with Gasteiger partial charge in [0, 0.05) is 11.1 Å². The lowest BCUT2D eigenvalue weighted by Gasteiger charge is -2.07. The van der Waals surface area contributed by atoms with E-state index in [1.54, 1.807) is 30.2 Å². The zero-order chi connectivity index (χ0) is 17.0. The Labute approximate surface area is 144 Å². The van der Waals surface area contributed by atoms with Crippen molar-refractivity contribution in [2.45, 2.75) is 9.92 Å². The average Bonchev–Trinajstić information content (AvgIpc) is 2.58. The van der Waals surface area contributed by atoms with Gasteiger partial charge in [0.25, 0.3) is 0 Å². The second kappa shape index (κ2) is 7.16. The number of nitrogens with two attached hydrogens (primary N) is 1. The lowest BCUT2D eigenvalue weighted by atomic mass is 10.2. The number of para-hydroxylation sites is 1. The van der Waals surface area contributed by atoms with Crippen molar-refractivity contribution in [3.63, 3.8) is 0 Å². The molecule has 1 aromatic heterocycles. The molecule has 0 aliphatic heterocycles. The highest BCUT2D eigenvalue weighted by atomic mass is 32.2. The number of sulfonamides is 1. The fourth-order valence-corrected chi connectivity index (χ4v) is 3.44. The summed E-state index contributed by atoms with van der Waals surface area (Å²) in [6, 6.07) is 13.9. The fourth-order valence-electron chi connectivity index (χ4n) is 2.12. The van der Waals surface area contributed by atoms with Gasteiger partial charge in [-0.2, -0.15) is 0 Å². The van der Waals surface area contributed by atoms with Crippen LogP contribution in [-0.4, -0.2) is 30.7 Å². The van der Waals surface area contributed by atoms with Crippen LogP contribution in [0.25, 0.3) is 10.9 Å². The van der Waals surface area contributed by atoms with Gasteiger partial charge >= 0.3 is 0 Å². The molecule has 1 heterocycles. The van der Waals surface area contributed by atoms with E-state index in [2.05, 4.69) is 9.97 Å². The van der Waals surface area contributed by atoms with Crippen LogP contribution in [0.4, 0.5) is 0 Å². The van der Waals surface area contributed by atoms with Gasteiger partial charge in [0.2, 0.25) is 10.0 Å². The molecule has 124 valence electrons. The molecule has 0 saturated carbocycles. The predicted octanol–water partition coefficient (Wildman–Crippen LogP) is 2.45. The predicted molar refractivity (Wildman–Crippen MR) is 93.6 cm³/mol. The van der Waals surface area contributed by atoms with E-state index in [9.17, 15) is 8.42 Å². The van der Waals surface area contributed by atoms with Crippen molar-refractivity contribution >= 4 is 32.7 Å². The first-order valence-electron chi connectivity index (χ1n) is 7.12. The summed E-state index contributed by atoms with van der Waals surface area (Å²) in [5.74, 6) is 1.30. The van der Waals surface area contributed by atoms with E-state index in [-0.39, 0.29) is 4.90 Å². The summed E-state index contributed by atoms with van der Waals surface area (Å²) in [5, 5.41) is 6.98. The standard InChI is InChI=1S/C16H15N3O3S2/c17-24(20,21)13-7-5-12(6-8-13)22-9-10-23-16-14-3-1-2-4-15(14)18-11-19-16/h1-8,11H,9-10H2,(H2,17,20,21). The molecule has 6 nitrogen and oxygen atoms in total. The summed E-state index contributed by atoms with van der Waals surface area (Å²) in [5.41, 5.74) is 0.912. The summed E-state index contributed by atoms with van der Waals surface area (Å²) >= 11 is 1.58. The lowest BCUT2D eigenvalue weighted by molar-refractivity contribution is 0.343. The van der Waals surface area contributed by atoms with Crippen LogP contribution < -0.4 is 9.88 Å². The Hall–Kier alpha value is -2.16. The largest absolute Gasteiger partial charge is 0.493 e. The van der Waals surface area contributed by atoms with Gasteiger partial charge in [-0.15, -0.1) is 11.8 Å². The molecular formula is C16H15N3O3S2. The third kappa shape index (κ3) is 4.02. The molecule has 0 amide bonds. The highest BCUT2D eigenvalue weighted by Crippen LogP contribution is 2.24. The zero-order valence-corrected chi connectivity index (χ0v) is 14.3. The van der Waals surface area contributed by atoms with E-state index in [1.165, 1.54) is 12.1 Å². The van der Waals surface area contributed by atoms with Crippen molar-refractivity contribution in [2.24, 2.45) is 5.14 Å². The van der Waals surface area contributed by atoms with Crippen molar-refractivity contribution in [2.75, 3.05) is 12.4 Å². The van der Waals surface area contributed by atoms with Gasteiger partial charge in [-0.25, -0.2) is 23.5 Å². The molecule has 0 aliphatic carbocycles. The molecule has 0 atom stereocenters. The van der Waals surface area contributed by atoms with Crippen LogP contribution in [-0.2, 0) is 10.0 Å². The third-order valence-corrected chi connectivity index (χ3v) is 5.15. The Morgan fingerprint density at radius 2 is 1.79 bits per heavy atom. The molecule has 24 heavy (non-hydrogen) atoms. The van der Waals surface area contributed by atoms with Crippen LogP contribution in [0.5, 0.6) is 5.75 Å². The number of nitrogens with zero attached hydrogens (tertiary/aromatic N) is 2. The molecule has 0 saturated heterocycles. The average molecular weight is 361 g/mol. The monoisotopic (exact) mass is 361 g/mol. The van der Waals surface area contributed by atoms with Crippen molar-refractivity contribution in [3.8, 4) is 5.75 Å². The number of fused-ring (bicyclic) bond motifs is 1. The quantitative estimate of drug-likeness (QED) is 0.412. The topological polar surface area (TPSA) is 95.2 Å². The van der Waals surface area contributed by atoms with Crippen LogP contribution in [0.2, 0.25) is 0 Å². The van der Waals surface area contributed by atoms with Crippen molar-refractivity contribution < 1.29 is 13.2 Å². The number of thioether (sulfide) groups is 1. The summed E-state index contributed by atoms with van der Waals surface area (Å²) < 4.78 is 28.0. The minimum atomic E-state index is -3.68. The van der Waals surface area contributed by atoms with Gasteiger partial charge in [-0.3, -0.25) is 0 Å². The molecule has 0 spiro atoms. The third-order valence-electron chi connectivity index (χ3n) is 3.25. The first-order valence-corrected chi connectivity index (χ1v) is 9.65. The molecule has 0 aliphatic rings. The Kier molecular flexibility index (Phi) is 4.98. The molecule has 2 N–H and O–H groups in total. The van der Waals surface area contributed by atoms with Crippen LogP contribution in [0.15, 0.2) is 64.8 Å². The van der Waals surface area contributed by atoms with Crippen LogP contribution >= 0.6 is 11.8 Å². The maximum absolute atomic E-state index is 11.2. The first-order chi connectivity index (χ1) is 11.5. The Balaban J connectivity index is 1.57. The summed E-state index contributed by atoms with van der Waals surface area (Å²) in [4.78, 5) is 8.60. The van der Waals surface area contributed by atoms with Gasteiger partial charge in [0.05, 0.1) is 17.0 Å². The lowest BCUT2D eigenvalue weighted by Crippen LogP contribution is -2.11. The number of benzene rings is 2. The molecular weight excluding hydrogens is 346 g/mol. The minimum absolute atomic E-state index is 0.0664. The maximum atomic E-state index is 11.2. The second-order valence-electron chi connectivity index (χ2n) is 4.91. The Morgan fingerprint density at radius 3 is 2.54 bits per heavy atom. The summed E-state index contributed by atoms with van der Waals surface area (Å²) in [6.45, 7) is 0.470. The van der Waals surface area contributed by atoms with Gasteiger partial charge in [0.1, 0.15) is 17.1 Å². The number of ether oxygens (including phenoxy) is 1. The number of hydrogen-bond donors (Lipinski definition) is 1. The molecule has 0 unspecified atom stereocenters. The maximum Gasteiger partial charge on any atom is 0.238 e. The van der Waals surface area contributed by atoms with Gasteiger partial charge < -0.3 is 4.74 Å². The Morgan fingerprint density at radius 1 is 1.04 bits per heavy atom. The van der Waals surface area contributed by atoms with Gasteiger partial charge in [-0.05, 0) is 30.3 Å². The van der Waals surface area contributed by atoms with Crippen molar-refractivity contribution in [1.29, 1.82) is 0 Å². The van der Waals surface area contributed by atoms with Crippen molar-refractivity contribution in [3.05, 3.63) is 54.9 Å². The molecule has 2 aromatic carbocycles. The minimum Gasteiger partial charge on any atom is -0.493 e. The SMILES string of the molecule is NS(=O)(=O)c1ccc(OCCSc2ncnc3ccccc23)cc1. The van der Waals surface area contributed by atoms with E-state index in [0.717, 1.165) is 15.9 Å². The summed E-state index contributed by atoms with van der Waals surface area (Å²) in [6.07, 6.45) is 1.55. The van der Waals surface area contributed by atoms with Crippen LogP contribution in [0, 0.1) is 0 Å². The van der Waals surface area contributed by atoms with Crippen LogP contribution in [0.3, 0.4) is 0 Å². The number of primary sulfonamides is 1. The molecule has 0 radical (unpaired) electrons.